The molecule has 1 N–H and O–H groups in total. The number of hydrogen-bond donors (Lipinski definition) is 1. The fraction of sp³-hybridized carbons (Fsp3) is 0.207. The van der Waals surface area contributed by atoms with Crippen LogP contribution in [0, 0.1) is 6.92 Å². The fourth-order valence-corrected chi connectivity index (χ4v) is 4.21. The molecule has 0 bridgehead atoms. The molecule has 0 saturated heterocycles. The molecule has 1 aromatic heterocycles. The van der Waals surface area contributed by atoms with E-state index in [1.165, 1.54) is 5.56 Å². The third kappa shape index (κ3) is 5.02. The van der Waals surface area contributed by atoms with Crippen molar-refractivity contribution in [2.24, 2.45) is 0 Å². The molecule has 0 aliphatic carbocycles. The van der Waals surface area contributed by atoms with Gasteiger partial charge in [0.2, 0.25) is 0 Å². The minimum Gasteiger partial charge on any atom is -0.489 e. The maximum Gasteiger partial charge on any atom is 0.272 e. The van der Waals surface area contributed by atoms with Crippen LogP contribution in [0.1, 0.15) is 46.9 Å². The lowest BCUT2D eigenvalue weighted by Gasteiger charge is -2.11. The minimum atomic E-state index is -0.142. The monoisotopic (exact) mass is 472 g/mol. The van der Waals surface area contributed by atoms with Gasteiger partial charge >= 0.3 is 0 Å². The van der Waals surface area contributed by atoms with E-state index in [2.05, 4.69) is 43.9 Å². The van der Waals surface area contributed by atoms with Crippen molar-refractivity contribution in [3.8, 4) is 5.75 Å². The van der Waals surface area contributed by atoms with Crippen LogP contribution in [-0.4, -0.2) is 10.5 Å². The average Bonchev–Trinajstić information content (AvgIpc) is 3.11. The number of allylic oxidation sites excluding steroid dienone is 1. The van der Waals surface area contributed by atoms with Gasteiger partial charge in [-0.3, -0.25) is 4.79 Å². The third-order valence-corrected chi connectivity index (χ3v) is 6.22. The molecule has 4 aromatic rings. The zero-order valence-electron chi connectivity index (χ0n) is 19.8. The van der Waals surface area contributed by atoms with Gasteiger partial charge in [0.1, 0.15) is 18.1 Å². The first-order chi connectivity index (χ1) is 16.4. The molecule has 0 atom stereocenters. The van der Waals surface area contributed by atoms with Crippen molar-refractivity contribution in [3.63, 3.8) is 0 Å². The molecule has 4 nitrogen and oxygen atoms in total. The van der Waals surface area contributed by atoms with Crippen LogP contribution in [0.3, 0.4) is 0 Å². The Hall–Kier alpha value is -3.50. The standard InChI is InChI=1S/C29H29ClN2O2/c1-5-16-32-27-15-8-22(19(2)3)17-26(27)20(4)28(32)29(33)31-24-11-13-25(14-12-24)34-18-21-6-9-23(30)10-7-21/h5-15,17,19H,1,16,18H2,2-4H3,(H,31,33). The molecule has 174 valence electrons. The van der Waals surface area contributed by atoms with Crippen LogP contribution in [0.25, 0.3) is 10.9 Å². The molecule has 0 spiro atoms. The Balaban J connectivity index is 1.53. The summed E-state index contributed by atoms with van der Waals surface area (Å²) in [5, 5.41) is 4.84. The number of benzene rings is 3. The number of amides is 1. The second-order valence-electron chi connectivity index (χ2n) is 8.70. The highest BCUT2D eigenvalue weighted by atomic mass is 35.5. The summed E-state index contributed by atoms with van der Waals surface area (Å²) < 4.78 is 7.87. The van der Waals surface area contributed by atoms with E-state index >= 15 is 0 Å². The normalized spacial score (nSPS) is 11.1. The molecule has 5 heteroatoms. The molecule has 4 rings (SSSR count). The van der Waals surface area contributed by atoms with Crippen molar-refractivity contribution in [2.45, 2.75) is 39.8 Å². The number of rotatable bonds is 8. The molecule has 0 unspecified atom stereocenters. The van der Waals surface area contributed by atoms with Crippen molar-refractivity contribution < 1.29 is 9.53 Å². The molecule has 0 radical (unpaired) electrons. The smallest absolute Gasteiger partial charge is 0.272 e. The Bertz CT molecular complexity index is 1320. The Labute approximate surface area is 205 Å². The van der Waals surface area contributed by atoms with E-state index < -0.39 is 0 Å². The summed E-state index contributed by atoms with van der Waals surface area (Å²) in [6, 6.07) is 21.4. The summed E-state index contributed by atoms with van der Waals surface area (Å²) in [4.78, 5) is 13.3. The van der Waals surface area contributed by atoms with E-state index in [4.69, 9.17) is 16.3 Å². The van der Waals surface area contributed by atoms with Crippen LogP contribution < -0.4 is 10.1 Å². The number of ether oxygens (including phenoxy) is 1. The lowest BCUT2D eigenvalue weighted by atomic mass is 10.0. The molecule has 0 saturated carbocycles. The zero-order chi connectivity index (χ0) is 24.2. The minimum absolute atomic E-state index is 0.142. The van der Waals surface area contributed by atoms with Crippen molar-refractivity contribution >= 4 is 34.1 Å². The predicted octanol–water partition coefficient (Wildman–Crippen LogP) is 7.74. The number of nitrogens with one attached hydrogen (secondary N) is 1. The summed E-state index contributed by atoms with van der Waals surface area (Å²) in [6.45, 7) is 11.2. The summed E-state index contributed by atoms with van der Waals surface area (Å²) in [6.07, 6.45) is 1.82. The van der Waals surface area contributed by atoms with Gasteiger partial charge in [-0.15, -0.1) is 6.58 Å². The van der Waals surface area contributed by atoms with Crippen molar-refractivity contribution in [1.29, 1.82) is 0 Å². The largest absolute Gasteiger partial charge is 0.489 e. The van der Waals surface area contributed by atoms with Crippen molar-refractivity contribution in [3.05, 3.63) is 107 Å². The van der Waals surface area contributed by atoms with E-state index in [1.807, 2.05) is 66.1 Å². The second-order valence-corrected chi connectivity index (χ2v) is 9.13. The number of carbonyl (C=O) groups is 1. The number of hydrogen-bond acceptors (Lipinski definition) is 2. The predicted molar refractivity (Wildman–Crippen MR) is 141 cm³/mol. The van der Waals surface area contributed by atoms with Gasteiger partial charge in [0.05, 0.1) is 0 Å². The van der Waals surface area contributed by atoms with Crippen LogP contribution in [0.5, 0.6) is 5.75 Å². The average molecular weight is 473 g/mol. The number of fused-ring (bicyclic) bond motifs is 1. The first kappa shape index (κ1) is 23.7. The Morgan fingerprint density at radius 2 is 1.79 bits per heavy atom. The molecule has 34 heavy (non-hydrogen) atoms. The number of nitrogens with zero attached hydrogens (tertiary/aromatic N) is 1. The van der Waals surface area contributed by atoms with Crippen molar-refractivity contribution in [1.82, 2.24) is 4.57 Å². The number of anilines is 1. The summed E-state index contributed by atoms with van der Waals surface area (Å²) >= 11 is 5.93. The van der Waals surface area contributed by atoms with Gasteiger partial charge in [-0.25, -0.2) is 0 Å². The second kappa shape index (κ2) is 10.2. The molecular formula is C29H29ClN2O2. The highest BCUT2D eigenvalue weighted by Crippen LogP contribution is 2.30. The lowest BCUT2D eigenvalue weighted by Crippen LogP contribution is -2.18. The third-order valence-electron chi connectivity index (χ3n) is 5.96. The van der Waals surface area contributed by atoms with E-state index in [0.29, 0.717) is 35.5 Å². The number of halogens is 1. The van der Waals surface area contributed by atoms with Gasteiger partial charge in [-0.1, -0.05) is 49.7 Å². The fourth-order valence-electron chi connectivity index (χ4n) is 4.08. The lowest BCUT2D eigenvalue weighted by molar-refractivity contribution is 0.101. The molecule has 3 aromatic carbocycles. The summed E-state index contributed by atoms with van der Waals surface area (Å²) in [5.74, 6) is 1.01. The Morgan fingerprint density at radius 1 is 1.09 bits per heavy atom. The van der Waals surface area contributed by atoms with Gasteiger partial charge in [0.15, 0.2) is 0 Å². The van der Waals surface area contributed by atoms with Crippen LogP contribution in [0.15, 0.2) is 79.4 Å². The Kier molecular flexibility index (Phi) is 7.09. The van der Waals surface area contributed by atoms with Crippen LogP contribution in [-0.2, 0) is 13.2 Å². The molecular weight excluding hydrogens is 444 g/mol. The van der Waals surface area contributed by atoms with Crippen LogP contribution >= 0.6 is 11.6 Å². The zero-order valence-corrected chi connectivity index (χ0v) is 20.5. The van der Waals surface area contributed by atoms with Gasteiger partial charge in [0, 0.05) is 28.2 Å². The first-order valence-corrected chi connectivity index (χ1v) is 11.8. The molecule has 1 amide bonds. The van der Waals surface area contributed by atoms with Crippen LogP contribution in [0.4, 0.5) is 5.69 Å². The SMILES string of the molecule is C=CCn1c(C(=O)Nc2ccc(OCc3ccc(Cl)cc3)cc2)c(C)c2cc(C(C)C)ccc21. The number of aromatic nitrogens is 1. The highest BCUT2D eigenvalue weighted by Gasteiger charge is 2.20. The quantitative estimate of drug-likeness (QED) is 0.266. The van der Waals surface area contributed by atoms with E-state index in [-0.39, 0.29) is 5.91 Å². The first-order valence-electron chi connectivity index (χ1n) is 11.4. The molecule has 0 aliphatic heterocycles. The summed E-state index contributed by atoms with van der Waals surface area (Å²) in [5.41, 5.74) is 5.67. The Morgan fingerprint density at radius 3 is 2.44 bits per heavy atom. The molecule has 0 fully saturated rings. The maximum absolute atomic E-state index is 13.3. The van der Waals surface area contributed by atoms with Gasteiger partial charge < -0.3 is 14.6 Å². The van der Waals surface area contributed by atoms with Gasteiger partial charge in [-0.2, -0.15) is 0 Å². The van der Waals surface area contributed by atoms with Crippen LogP contribution in [0.2, 0.25) is 5.02 Å². The van der Waals surface area contributed by atoms with Gasteiger partial charge in [-0.05, 0) is 78.1 Å². The number of aryl methyl sites for hydroxylation is 1. The van der Waals surface area contributed by atoms with E-state index in [9.17, 15) is 4.79 Å². The maximum atomic E-state index is 13.3. The highest BCUT2D eigenvalue weighted by molar-refractivity contribution is 6.30. The number of carbonyl (C=O) groups excluding carboxylic acids is 1. The molecule has 0 aliphatic rings. The molecule has 1 heterocycles. The van der Waals surface area contributed by atoms with Crippen molar-refractivity contribution in [2.75, 3.05) is 5.32 Å². The van der Waals surface area contributed by atoms with Gasteiger partial charge in [0.25, 0.3) is 5.91 Å². The van der Waals surface area contributed by atoms with E-state index in [1.54, 1.807) is 0 Å². The van der Waals surface area contributed by atoms with E-state index in [0.717, 1.165) is 27.8 Å². The summed E-state index contributed by atoms with van der Waals surface area (Å²) in [7, 11) is 0. The topological polar surface area (TPSA) is 43.3 Å².